The van der Waals surface area contributed by atoms with Gasteiger partial charge in [-0.2, -0.15) is 0 Å². The first-order chi connectivity index (χ1) is 8.22. The third-order valence-electron chi connectivity index (χ3n) is 3.05. The predicted octanol–water partition coefficient (Wildman–Crippen LogP) is 0.112. The van der Waals surface area contributed by atoms with Crippen molar-refractivity contribution >= 4 is 11.7 Å². The van der Waals surface area contributed by atoms with Crippen molar-refractivity contribution in [1.82, 2.24) is 9.97 Å². The number of piperidine rings is 1. The Kier molecular flexibility index (Phi) is 3.53. The van der Waals surface area contributed by atoms with Crippen LogP contribution in [0.4, 0.5) is 5.82 Å². The van der Waals surface area contributed by atoms with Crippen LogP contribution in [0.5, 0.6) is 0 Å². The number of hydrogen-bond acceptors (Lipinski definition) is 5. The molecule has 2 heterocycles. The second kappa shape index (κ2) is 5.09. The Morgan fingerprint density at radius 2 is 2.29 bits per heavy atom. The lowest BCUT2D eigenvalue weighted by molar-refractivity contribution is 0.239. The molecule has 1 aliphatic heterocycles. The van der Waals surface area contributed by atoms with E-state index in [1.54, 1.807) is 6.20 Å². The monoisotopic (exact) mass is 235 g/mol. The maximum atomic E-state index is 9.32. The van der Waals surface area contributed by atoms with E-state index in [1.807, 2.05) is 0 Å². The first-order valence-electron chi connectivity index (χ1n) is 5.76. The molecule has 1 atom stereocenters. The molecule has 0 bridgehead atoms. The molecule has 0 radical (unpaired) electrons. The van der Waals surface area contributed by atoms with Crippen LogP contribution < -0.4 is 10.6 Å². The third-order valence-corrected chi connectivity index (χ3v) is 3.05. The van der Waals surface area contributed by atoms with Gasteiger partial charge in [0, 0.05) is 6.54 Å². The van der Waals surface area contributed by atoms with E-state index in [0.717, 1.165) is 31.6 Å². The van der Waals surface area contributed by atoms with E-state index in [0.29, 0.717) is 5.69 Å². The van der Waals surface area contributed by atoms with E-state index in [4.69, 9.17) is 11.1 Å². The number of aromatic nitrogens is 2. The summed E-state index contributed by atoms with van der Waals surface area (Å²) in [5.41, 5.74) is 5.70. The minimum atomic E-state index is -0.0820. The third kappa shape index (κ3) is 2.52. The summed E-state index contributed by atoms with van der Waals surface area (Å²) in [5.74, 6) is 0.662. The lowest BCUT2D eigenvalue weighted by atomic mass is 10.0. The summed E-state index contributed by atoms with van der Waals surface area (Å²) >= 11 is 0. The number of anilines is 1. The Balaban J connectivity index is 2.17. The molecule has 0 amide bonds. The maximum absolute atomic E-state index is 9.32. The first-order valence-corrected chi connectivity index (χ1v) is 5.76. The SMILES string of the molecule is N=C(N)c1cnc(N2CCCCC2CO)cn1. The van der Waals surface area contributed by atoms with Gasteiger partial charge in [0.1, 0.15) is 17.3 Å². The molecule has 6 heteroatoms. The second-order valence-corrected chi connectivity index (χ2v) is 4.20. The summed E-state index contributed by atoms with van der Waals surface area (Å²) in [7, 11) is 0. The van der Waals surface area contributed by atoms with E-state index >= 15 is 0 Å². The van der Waals surface area contributed by atoms with Crippen LogP contribution in [-0.2, 0) is 0 Å². The minimum absolute atomic E-state index is 0.0820. The maximum Gasteiger partial charge on any atom is 0.147 e. The Bertz CT molecular complexity index is 391. The Morgan fingerprint density at radius 1 is 1.47 bits per heavy atom. The molecule has 0 aromatic carbocycles. The van der Waals surface area contributed by atoms with Gasteiger partial charge in [0.25, 0.3) is 0 Å². The molecule has 0 spiro atoms. The largest absolute Gasteiger partial charge is 0.394 e. The number of amidine groups is 1. The molecule has 1 saturated heterocycles. The molecule has 1 aromatic rings. The molecule has 17 heavy (non-hydrogen) atoms. The molecule has 1 aromatic heterocycles. The van der Waals surface area contributed by atoms with Crippen molar-refractivity contribution in [1.29, 1.82) is 5.41 Å². The molecule has 1 unspecified atom stereocenters. The zero-order chi connectivity index (χ0) is 12.3. The highest BCUT2D eigenvalue weighted by Gasteiger charge is 2.22. The van der Waals surface area contributed by atoms with E-state index in [2.05, 4.69) is 14.9 Å². The average Bonchev–Trinajstić information content (AvgIpc) is 2.39. The van der Waals surface area contributed by atoms with E-state index < -0.39 is 0 Å². The Labute approximate surface area is 100.0 Å². The molecular weight excluding hydrogens is 218 g/mol. The minimum Gasteiger partial charge on any atom is -0.394 e. The van der Waals surface area contributed by atoms with Gasteiger partial charge in [-0.3, -0.25) is 5.41 Å². The first kappa shape index (κ1) is 11.8. The zero-order valence-electron chi connectivity index (χ0n) is 9.63. The summed E-state index contributed by atoms with van der Waals surface area (Å²) in [6.45, 7) is 1.02. The fraction of sp³-hybridized carbons (Fsp3) is 0.545. The van der Waals surface area contributed by atoms with Gasteiger partial charge in [-0.05, 0) is 19.3 Å². The van der Waals surface area contributed by atoms with Crippen LogP contribution in [0.3, 0.4) is 0 Å². The number of nitrogens with two attached hydrogens (primary N) is 1. The molecule has 0 saturated carbocycles. The molecule has 1 aliphatic rings. The smallest absolute Gasteiger partial charge is 0.147 e. The average molecular weight is 235 g/mol. The number of nitrogen functional groups attached to an aromatic ring is 1. The fourth-order valence-electron chi connectivity index (χ4n) is 2.10. The van der Waals surface area contributed by atoms with Gasteiger partial charge in [0.05, 0.1) is 25.0 Å². The topological polar surface area (TPSA) is 99.1 Å². The summed E-state index contributed by atoms with van der Waals surface area (Å²) < 4.78 is 0. The molecule has 0 aliphatic carbocycles. The number of rotatable bonds is 3. The summed E-state index contributed by atoms with van der Waals surface area (Å²) in [6.07, 6.45) is 6.34. The Morgan fingerprint density at radius 3 is 2.88 bits per heavy atom. The van der Waals surface area contributed by atoms with Crippen molar-refractivity contribution < 1.29 is 5.11 Å². The predicted molar refractivity (Wildman–Crippen MR) is 65.1 cm³/mol. The highest BCUT2D eigenvalue weighted by atomic mass is 16.3. The zero-order valence-corrected chi connectivity index (χ0v) is 9.63. The van der Waals surface area contributed by atoms with Crippen molar-refractivity contribution in [2.45, 2.75) is 25.3 Å². The summed E-state index contributed by atoms with van der Waals surface area (Å²) in [6, 6.07) is 0.126. The van der Waals surface area contributed by atoms with E-state index in [9.17, 15) is 5.11 Å². The van der Waals surface area contributed by atoms with Crippen LogP contribution in [-0.4, -0.2) is 40.1 Å². The number of hydrogen-bond donors (Lipinski definition) is 3. The van der Waals surface area contributed by atoms with Crippen LogP contribution in [0.1, 0.15) is 25.0 Å². The number of nitrogens with one attached hydrogen (secondary N) is 1. The molecule has 4 N–H and O–H groups in total. The van der Waals surface area contributed by atoms with Gasteiger partial charge in [-0.15, -0.1) is 0 Å². The lowest BCUT2D eigenvalue weighted by Gasteiger charge is -2.35. The quantitative estimate of drug-likeness (QED) is 0.510. The standard InChI is InChI=1S/C11H17N5O/c12-11(13)9-5-15-10(6-14-9)16-4-2-1-3-8(16)7-17/h5-6,8,17H,1-4,7H2,(H3,12,13). The highest BCUT2D eigenvalue weighted by Crippen LogP contribution is 2.21. The van der Waals surface area contributed by atoms with E-state index in [1.165, 1.54) is 6.20 Å². The van der Waals surface area contributed by atoms with Gasteiger partial charge in [0.2, 0.25) is 0 Å². The Hall–Kier alpha value is -1.69. The van der Waals surface area contributed by atoms with Gasteiger partial charge in [-0.25, -0.2) is 9.97 Å². The number of aliphatic hydroxyl groups excluding tert-OH is 1. The van der Waals surface area contributed by atoms with Crippen LogP contribution >= 0.6 is 0 Å². The van der Waals surface area contributed by atoms with E-state index in [-0.39, 0.29) is 18.5 Å². The van der Waals surface area contributed by atoms with Crippen LogP contribution in [0.2, 0.25) is 0 Å². The van der Waals surface area contributed by atoms with Crippen LogP contribution in [0, 0.1) is 5.41 Å². The molecule has 6 nitrogen and oxygen atoms in total. The van der Waals surface area contributed by atoms with Gasteiger partial charge in [-0.1, -0.05) is 0 Å². The molecule has 2 rings (SSSR count). The normalized spacial score (nSPS) is 20.3. The van der Waals surface area contributed by atoms with Gasteiger partial charge < -0.3 is 15.7 Å². The van der Waals surface area contributed by atoms with Crippen molar-refractivity contribution in [3.63, 3.8) is 0 Å². The molecule has 1 fully saturated rings. The van der Waals surface area contributed by atoms with Crippen molar-refractivity contribution in [3.8, 4) is 0 Å². The second-order valence-electron chi connectivity index (χ2n) is 4.20. The number of nitrogens with zero attached hydrogens (tertiary/aromatic N) is 3. The lowest BCUT2D eigenvalue weighted by Crippen LogP contribution is -2.42. The summed E-state index contributed by atoms with van der Waals surface area (Å²) in [4.78, 5) is 10.4. The van der Waals surface area contributed by atoms with Crippen LogP contribution in [0.15, 0.2) is 12.4 Å². The van der Waals surface area contributed by atoms with Gasteiger partial charge in [0.15, 0.2) is 0 Å². The highest BCUT2D eigenvalue weighted by molar-refractivity contribution is 5.92. The van der Waals surface area contributed by atoms with Gasteiger partial charge >= 0.3 is 0 Å². The fourth-order valence-corrected chi connectivity index (χ4v) is 2.10. The van der Waals surface area contributed by atoms with Crippen molar-refractivity contribution in [2.24, 2.45) is 5.73 Å². The molecule has 92 valence electrons. The summed E-state index contributed by atoms with van der Waals surface area (Å²) in [5, 5.41) is 16.6. The van der Waals surface area contributed by atoms with Crippen LogP contribution in [0.25, 0.3) is 0 Å². The number of aliphatic hydroxyl groups is 1. The van der Waals surface area contributed by atoms with Crippen molar-refractivity contribution in [2.75, 3.05) is 18.1 Å². The molecular formula is C11H17N5O. The van der Waals surface area contributed by atoms with Crippen molar-refractivity contribution in [3.05, 3.63) is 18.1 Å².